The first-order valence-electron chi connectivity index (χ1n) is 8.60. The number of hydrogen-bond donors (Lipinski definition) is 2. The van der Waals surface area contributed by atoms with E-state index in [1.165, 1.54) is 5.56 Å². The molecular formula is C19H23N3O3. The molecule has 2 aromatic rings. The zero-order valence-electron chi connectivity index (χ0n) is 14.1. The number of anilines is 2. The second-order valence-corrected chi connectivity index (χ2v) is 6.02. The maximum atomic E-state index is 10.7. The number of aliphatic carboxylic acids is 1. The van der Waals surface area contributed by atoms with Crippen LogP contribution in [0.3, 0.4) is 0 Å². The molecule has 25 heavy (non-hydrogen) atoms. The fourth-order valence-electron chi connectivity index (χ4n) is 2.95. The topological polar surface area (TPSA) is 74.7 Å². The molecule has 0 fully saturated rings. The predicted molar refractivity (Wildman–Crippen MR) is 97.5 cm³/mol. The molecule has 6 nitrogen and oxygen atoms in total. The van der Waals surface area contributed by atoms with Crippen molar-refractivity contribution in [3.05, 3.63) is 48.2 Å². The number of nitrogens with one attached hydrogen (secondary N) is 1. The van der Waals surface area contributed by atoms with Crippen molar-refractivity contribution in [3.8, 4) is 5.75 Å². The molecule has 0 aliphatic carbocycles. The van der Waals surface area contributed by atoms with Crippen LogP contribution in [0.25, 0.3) is 0 Å². The van der Waals surface area contributed by atoms with E-state index >= 15 is 0 Å². The summed E-state index contributed by atoms with van der Waals surface area (Å²) in [6.07, 6.45) is 3.76. The highest BCUT2D eigenvalue weighted by atomic mass is 16.5. The van der Waals surface area contributed by atoms with Crippen LogP contribution in [0.5, 0.6) is 5.75 Å². The molecule has 0 amide bonds. The highest BCUT2D eigenvalue weighted by molar-refractivity contribution is 5.68. The first kappa shape index (κ1) is 17.1. The number of ether oxygens (including phenoxy) is 1. The van der Waals surface area contributed by atoms with Crippen LogP contribution in [0.15, 0.2) is 42.6 Å². The van der Waals surface area contributed by atoms with Gasteiger partial charge in [0, 0.05) is 31.5 Å². The lowest BCUT2D eigenvalue weighted by Gasteiger charge is -2.18. The van der Waals surface area contributed by atoms with Gasteiger partial charge in [-0.25, -0.2) is 4.98 Å². The second kappa shape index (κ2) is 8.37. The highest BCUT2D eigenvalue weighted by Crippen LogP contribution is 2.31. The largest absolute Gasteiger partial charge is 0.494 e. The van der Waals surface area contributed by atoms with E-state index in [0.717, 1.165) is 43.2 Å². The third-order valence-electron chi connectivity index (χ3n) is 4.20. The molecule has 1 aliphatic heterocycles. The third-order valence-corrected chi connectivity index (χ3v) is 4.20. The molecule has 2 heterocycles. The zero-order valence-corrected chi connectivity index (χ0v) is 14.1. The summed E-state index contributed by atoms with van der Waals surface area (Å²) in [5.41, 5.74) is 2.36. The monoisotopic (exact) mass is 341 g/mol. The summed E-state index contributed by atoms with van der Waals surface area (Å²) < 4.78 is 5.83. The van der Waals surface area contributed by atoms with Crippen LogP contribution in [-0.2, 0) is 11.2 Å². The minimum absolute atomic E-state index is 0.168. The molecular weight excluding hydrogens is 318 g/mol. The number of carboxylic acid groups (broad SMARTS) is 1. The number of carboxylic acids is 1. The maximum Gasteiger partial charge on any atom is 0.305 e. The quantitative estimate of drug-likeness (QED) is 0.683. The number of carbonyl (C=O) groups is 1. The number of aromatic nitrogens is 1. The van der Waals surface area contributed by atoms with Crippen LogP contribution in [0.2, 0.25) is 0 Å². The summed E-state index contributed by atoms with van der Waals surface area (Å²) in [6.45, 7) is 2.88. The molecule has 0 atom stereocenters. The number of rotatable bonds is 9. The molecule has 1 aliphatic rings. The molecule has 6 heteroatoms. The van der Waals surface area contributed by atoms with E-state index in [1.54, 1.807) is 6.20 Å². The first-order valence-corrected chi connectivity index (χ1v) is 8.60. The molecule has 1 aromatic heterocycles. The van der Waals surface area contributed by atoms with Crippen LogP contribution in [0.1, 0.15) is 18.4 Å². The van der Waals surface area contributed by atoms with Crippen LogP contribution < -0.4 is 15.0 Å². The van der Waals surface area contributed by atoms with Gasteiger partial charge in [-0.1, -0.05) is 6.07 Å². The van der Waals surface area contributed by atoms with Crippen molar-refractivity contribution in [2.45, 2.75) is 19.3 Å². The molecule has 0 unspecified atom stereocenters. The summed E-state index contributed by atoms with van der Waals surface area (Å²) in [5.74, 6) is 0.992. The smallest absolute Gasteiger partial charge is 0.305 e. The van der Waals surface area contributed by atoms with Crippen molar-refractivity contribution in [2.24, 2.45) is 0 Å². The van der Waals surface area contributed by atoms with Gasteiger partial charge < -0.3 is 20.1 Å². The maximum absolute atomic E-state index is 10.7. The molecule has 0 saturated heterocycles. The Labute approximate surface area is 147 Å². The fourth-order valence-corrected chi connectivity index (χ4v) is 2.95. The van der Waals surface area contributed by atoms with Crippen molar-refractivity contribution in [1.82, 2.24) is 4.98 Å². The molecule has 0 radical (unpaired) electrons. The van der Waals surface area contributed by atoms with Crippen molar-refractivity contribution in [1.29, 1.82) is 0 Å². The van der Waals surface area contributed by atoms with E-state index in [1.807, 2.05) is 30.3 Å². The molecule has 132 valence electrons. The van der Waals surface area contributed by atoms with E-state index in [9.17, 15) is 4.79 Å². The standard InChI is InChI=1S/C19H23N3O3/c23-19(24)8-12-22-11-7-15-14-16(5-6-17(15)22)25-13-3-10-21-18-4-1-2-9-20-18/h1-2,4-6,9,14H,3,7-8,10-13H2,(H,20,21)(H,23,24). The summed E-state index contributed by atoms with van der Waals surface area (Å²) in [6, 6.07) is 11.9. The van der Waals surface area contributed by atoms with Crippen molar-refractivity contribution in [3.63, 3.8) is 0 Å². The van der Waals surface area contributed by atoms with E-state index in [0.29, 0.717) is 13.2 Å². The van der Waals surface area contributed by atoms with E-state index in [2.05, 4.69) is 21.3 Å². The Bertz CT molecular complexity index is 706. The summed E-state index contributed by atoms with van der Waals surface area (Å²) in [5, 5.41) is 12.1. The number of pyridine rings is 1. The molecule has 0 bridgehead atoms. The number of nitrogens with zero attached hydrogens (tertiary/aromatic N) is 2. The van der Waals surface area contributed by atoms with Crippen LogP contribution >= 0.6 is 0 Å². The van der Waals surface area contributed by atoms with Gasteiger partial charge in [0.15, 0.2) is 0 Å². The van der Waals surface area contributed by atoms with Gasteiger partial charge >= 0.3 is 5.97 Å². The van der Waals surface area contributed by atoms with Gasteiger partial charge in [-0.15, -0.1) is 0 Å². The Hall–Kier alpha value is -2.76. The lowest BCUT2D eigenvalue weighted by atomic mass is 10.1. The van der Waals surface area contributed by atoms with E-state index in [-0.39, 0.29) is 6.42 Å². The molecule has 2 N–H and O–H groups in total. The summed E-state index contributed by atoms with van der Waals surface area (Å²) in [7, 11) is 0. The van der Waals surface area contributed by atoms with Gasteiger partial charge in [-0.3, -0.25) is 4.79 Å². The van der Waals surface area contributed by atoms with Gasteiger partial charge in [-0.05, 0) is 48.7 Å². The van der Waals surface area contributed by atoms with Crippen molar-refractivity contribution < 1.29 is 14.6 Å². The predicted octanol–water partition coefficient (Wildman–Crippen LogP) is 2.80. The lowest BCUT2D eigenvalue weighted by Crippen LogP contribution is -2.23. The zero-order chi connectivity index (χ0) is 17.5. The second-order valence-electron chi connectivity index (χ2n) is 6.02. The van der Waals surface area contributed by atoms with E-state index < -0.39 is 5.97 Å². The lowest BCUT2D eigenvalue weighted by molar-refractivity contribution is -0.136. The Balaban J connectivity index is 1.43. The Kier molecular flexibility index (Phi) is 5.72. The Morgan fingerprint density at radius 1 is 1.32 bits per heavy atom. The molecule has 1 aromatic carbocycles. The van der Waals surface area contributed by atoms with Gasteiger partial charge in [0.25, 0.3) is 0 Å². The number of fused-ring (bicyclic) bond motifs is 1. The van der Waals surface area contributed by atoms with Crippen LogP contribution in [0.4, 0.5) is 11.5 Å². The summed E-state index contributed by atoms with van der Waals surface area (Å²) in [4.78, 5) is 17.1. The average Bonchev–Trinajstić information content (AvgIpc) is 3.03. The first-order chi connectivity index (χ1) is 12.2. The minimum Gasteiger partial charge on any atom is -0.494 e. The SMILES string of the molecule is O=C(O)CCN1CCc2cc(OCCCNc3ccccn3)ccc21. The molecule has 0 saturated carbocycles. The van der Waals surface area contributed by atoms with Crippen LogP contribution in [0, 0.1) is 0 Å². The fraction of sp³-hybridized carbons (Fsp3) is 0.368. The van der Waals surface area contributed by atoms with Crippen molar-refractivity contribution in [2.75, 3.05) is 36.5 Å². The number of hydrogen-bond acceptors (Lipinski definition) is 5. The number of benzene rings is 1. The Morgan fingerprint density at radius 2 is 2.24 bits per heavy atom. The molecule has 3 rings (SSSR count). The van der Waals surface area contributed by atoms with Crippen molar-refractivity contribution >= 4 is 17.5 Å². The average molecular weight is 341 g/mol. The normalized spacial score (nSPS) is 12.7. The van der Waals surface area contributed by atoms with Gasteiger partial charge in [0.05, 0.1) is 13.0 Å². The molecule has 0 spiro atoms. The minimum atomic E-state index is -0.757. The van der Waals surface area contributed by atoms with Gasteiger partial charge in [0.1, 0.15) is 11.6 Å². The van der Waals surface area contributed by atoms with E-state index in [4.69, 9.17) is 9.84 Å². The summed E-state index contributed by atoms with van der Waals surface area (Å²) >= 11 is 0. The van der Waals surface area contributed by atoms with Gasteiger partial charge in [0.2, 0.25) is 0 Å². The third kappa shape index (κ3) is 4.86. The van der Waals surface area contributed by atoms with Crippen LogP contribution in [-0.4, -0.2) is 42.3 Å². The van der Waals surface area contributed by atoms with Gasteiger partial charge in [-0.2, -0.15) is 0 Å². The highest BCUT2D eigenvalue weighted by Gasteiger charge is 2.19. The Morgan fingerprint density at radius 3 is 3.04 bits per heavy atom.